The van der Waals surface area contributed by atoms with Gasteiger partial charge in [-0.2, -0.15) is 0 Å². The van der Waals surface area contributed by atoms with Crippen molar-refractivity contribution in [3.63, 3.8) is 0 Å². The van der Waals surface area contributed by atoms with Crippen LogP contribution in [-0.2, 0) is 9.47 Å². The van der Waals surface area contributed by atoms with E-state index in [4.69, 9.17) is 9.47 Å². The minimum atomic E-state index is -4.98. The standard InChI is InChI=1S/C18H29O5P/c1-3-17(10-22-11-17)14-24(19,20,21)16(15-8-6-5-7-9-15)18(4-2)12-23-13-18/h5-9,16,19-21H,3-4,10-14H2,1-2H3. The van der Waals surface area contributed by atoms with Crippen LogP contribution in [0.4, 0.5) is 0 Å². The number of rotatable bonds is 7. The van der Waals surface area contributed by atoms with E-state index in [1.165, 1.54) is 0 Å². The molecule has 0 saturated carbocycles. The van der Waals surface area contributed by atoms with Crippen LogP contribution in [0.25, 0.3) is 0 Å². The van der Waals surface area contributed by atoms with Crippen molar-refractivity contribution in [2.45, 2.75) is 32.3 Å². The molecule has 2 aliphatic rings. The van der Waals surface area contributed by atoms with Gasteiger partial charge in [0.25, 0.3) is 0 Å². The molecular weight excluding hydrogens is 327 g/mol. The molecular formula is C18H29O5P. The molecule has 6 heteroatoms. The molecule has 3 N–H and O–H groups in total. The normalized spacial score (nSPS) is 25.0. The first-order valence-electron chi connectivity index (χ1n) is 8.71. The SMILES string of the molecule is CCC1(CP(O)(O)(O)C(c2ccccc2)C2(CC)COC2)COC1. The Hall–Kier alpha value is -0.550. The average molecular weight is 356 g/mol. The number of ether oxygens (including phenoxy) is 2. The van der Waals surface area contributed by atoms with Crippen molar-refractivity contribution < 1.29 is 24.2 Å². The van der Waals surface area contributed by atoms with Crippen molar-refractivity contribution in [1.82, 2.24) is 0 Å². The molecule has 0 aliphatic carbocycles. The van der Waals surface area contributed by atoms with Gasteiger partial charge in [0.05, 0.1) is 0 Å². The van der Waals surface area contributed by atoms with Gasteiger partial charge in [-0.25, -0.2) is 0 Å². The molecule has 1 aromatic rings. The van der Waals surface area contributed by atoms with Crippen molar-refractivity contribution >= 4 is 7.28 Å². The van der Waals surface area contributed by atoms with Crippen molar-refractivity contribution in [3.05, 3.63) is 35.9 Å². The third-order valence-electron chi connectivity index (χ3n) is 5.91. The van der Waals surface area contributed by atoms with Crippen LogP contribution in [0.1, 0.15) is 37.9 Å². The van der Waals surface area contributed by atoms with E-state index in [1.54, 1.807) is 0 Å². The van der Waals surface area contributed by atoms with E-state index in [-0.39, 0.29) is 11.6 Å². The summed E-state index contributed by atoms with van der Waals surface area (Å²) in [6.07, 6.45) is 1.47. The van der Waals surface area contributed by atoms with Crippen LogP contribution in [-0.4, -0.2) is 47.3 Å². The quantitative estimate of drug-likeness (QED) is 0.655. The fourth-order valence-electron chi connectivity index (χ4n) is 4.31. The summed E-state index contributed by atoms with van der Waals surface area (Å²) in [5, 5.41) is 0. The maximum absolute atomic E-state index is 11.3. The van der Waals surface area contributed by atoms with Crippen LogP contribution >= 0.6 is 7.28 Å². The van der Waals surface area contributed by atoms with E-state index < -0.39 is 18.4 Å². The molecule has 24 heavy (non-hydrogen) atoms. The molecule has 5 nitrogen and oxygen atoms in total. The van der Waals surface area contributed by atoms with Crippen LogP contribution in [0.15, 0.2) is 30.3 Å². The van der Waals surface area contributed by atoms with Gasteiger partial charge in [0.15, 0.2) is 0 Å². The Balaban J connectivity index is 2.03. The zero-order chi connectivity index (χ0) is 17.5. The summed E-state index contributed by atoms with van der Waals surface area (Å²) in [7, 11) is -4.98. The van der Waals surface area contributed by atoms with Gasteiger partial charge in [-0.15, -0.1) is 0 Å². The first-order chi connectivity index (χ1) is 11.2. The fraction of sp³-hybridized carbons (Fsp3) is 0.667. The van der Waals surface area contributed by atoms with Gasteiger partial charge < -0.3 is 0 Å². The van der Waals surface area contributed by atoms with Gasteiger partial charge in [-0.1, -0.05) is 0 Å². The predicted molar refractivity (Wildman–Crippen MR) is 94.7 cm³/mol. The second kappa shape index (κ2) is 6.01. The third-order valence-corrected chi connectivity index (χ3v) is 9.09. The summed E-state index contributed by atoms with van der Waals surface area (Å²) in [6.45, 7) is 5.86. The second-order valence-electron chi connectivity index (χ2n) is 7.75. The van der Waals surface area contributed by atoms with E-state index in [0.29, 0.717) is 26.4 Å². The molecule has 2 saturated heterocycles. The van der Waals surface area contributed by atoms with Crippen LogP contribution in [0, 0.1) is 10.8 Å². The molecule has 1 aromatic carbocycles. The van der Waals surface area contributed by atoms with Crippen LogP contribution < -0.4 is 0 Å². The molecule has 3 rings (SSSR count). The topological polar surface area (TPSA) is 79.2 Å². The Morgan fingerprint density at radius 2 is 1.54 bits per heavy atom. The first kappa shape index (κ1) is 18.2. The summed E-state index contributed by atoms with van der Waals surface area (Å²) >= 11 is 0. The Morgan fingerprint density at radius 1 is 0.958 bits per heavy atom. The van der Waals surface area contributed by atoms with Crippen molar-refractivity contribution in [2.75, 3.05) is 32.6 Å². The Bertz CT molecular complexity index is 561. The molecule has 2 heterocycles. The zero-order valence-electron chi connectivity index (χ0n) is 14.5. The van der Waals surface area contributed by atoms with Crippen LogP contribution in [0.3, 0.4) is 0 Å². The molecule has 2 fully saturated rings. The molecule has 1 atom stereocenters. The Labute approximate surface area is 143 Å². The summed E-state index contributed by atoms with van der Waals surface area (Å²) in [6, 6.07) is 9.39. The van der Waals surface area contributed by atoms with E-state index >= 15 is 0 Å². The second-order valence-corrected chi connectivity index (χ2v) is 11.0. The van der Waals surface area contributed by atoms with E-state index in [0.717, 1.165) is 18.4 Å². The average Bonchev–Trinajstić information content (AvgIpc) is 2.47. The van der Waals surface area contributed by atoms with Gasteiger partial charge in [-0.05, 0) is 0 Å². The van der Waals surface area contributed by atoms with Gasteiger partial charge in [-0.3, -0.25) is 0 Å². The van der Waals surface area contributed by atoms with Gasteiger partial charge >= 0.3 is 143 Å². The molecule has 2 aliphatic heterocycles. The predicted octanol–water partition coefficient (Wildman–Crippen LogP) is 2.86. The van der Waals surface area contributed by atoms with Gasteiger partial charge in [0.1, 0.15) is 0 Å². The first-order valence-corrected chi connectivity index (χ1v) is 11.1. The number of hydrogen-bond acceptors (Lipinski definition) is 5. The molecule has 0 bridgehead atoms. The summed E-state index contributed by atoms with van der Waals surface area (Å²) < 4.78 is 10.8. The third kappa shape index (κ3) is 3.03. The summed E-state index contributed by atoms with van der Waals surface area (Å²) in [5.74, 6) is 0. The molecule has 0 amide bonds. The molecule has 136 valence electrons. The Morgan fingerprint density at radius 3 is 1.92 bits per heavy atom. The Kier molecular flexibility index (Phi) is 4.57. The van der Waals surface area contributed by atoms with Crippen molar-refractivity contribution in [2.24, 2.45) is 10.8 Å². The van der Waals surface area contributed by atoms with Crippen molar-refractivity contribution in [3.8, 4) is 0 Å². The van der Waals surface area contributed by atoms with Crippen LogP contribution in [0.5, 0.6) is 0 Å². The summed E-state index contributed by atoms with van der Waals surface area (Å²) in [4.78, 5) is 33.9. The molecule has 0 spiro atoms. The zero-order valence-corrected chi connectivity index (χ0v) is 15.4. The monoisotopic (exact) mass is 356 g/mol. The molecule has 0 aromatic heterocycles. The fourth-order valence-corrected chi connectivity index (χ4v) is 8.42. The minimum absolute atomic E-state index is 0.00356. The summed E-state index contributed by atoms with van der Waals surface area (Å²) in [5.41, 5.74) is -0.716. The van der Waals surface area contributed by atoms with Crippen LogP contribution in [0.2, 0.25) is 0 Å². The maximum atomic E-state index is 11.3. The van der Waals surface area contributed by atoms with E-state index in [2.05, 4.69) is 0 Å². The molecule has 0 radical (unpaired) electrons. The van der Waals surface area contributed by atoms with Gasteiger partial charge in [0.2, 0.25) is 0 Å². The molecule has 1 unspecified atom stereocenters. The van der Waals surface area contributed by atoms with Crippen molar-refractivity contribution in [1.29, 1.82) is 0 Å². The van der Waals surface area contributed by atoms with E-state index in [9.17, 15) is 14.7 Å². The number of hydrogen-bond donors (Lipinski definition) is 3. The number of benzene rings is 1. The van der Waals surface area contributed by atoms with E-state index in [1.807, 2.05) is 44.2 Å². The van der Waals surface area contributed by atoms with Gasteiger partial charge in [0, 0.05) is 0 Å².